The Morgan fingerprint density at radius 1 is 1.53 bits per heavy atom. The summed E-state index contributed by atoms with van der Waals surface area (Å²) in [5, 5.41) is 12.9. The van der Waals surface area contributed by atoms with Crippen molar-refractivity contribution in [2.45, 2.75) is 57.0 Å². The van der Waals surface area contributed by atoms with Crippen LogP contribution in [0, 0.1) is 17.2 Å². The minimum atomic E-state index is -0.202. The Balaban J connectivity index is 1.93. The topological polar surface area (TPSA) is 56.1 Å². The molecule has 106 valence electrons. The van der Waals surface area contributed by atoms with Gasteiger partial charge >= 0.3 is 0 Å². The van der Waals surface area contributed by atoms with Crippen LogP contribution in [0.2, 0.25) is 0 Å². The molecule has 2 aliphatic rings. The maximum atomic E-state index is 12.5. The van der Waals surface area contributed by atoms with Crippen molar-refractivity contribution in [1.82, 2.24) is 10.2 Å². The molecule has 4 nitrogen and oxygen atoms in total. The molecule has 2 rings (SSSR count). The number of carbonyl (C=O) groups excluding carboxylic acids is 1. The Labute approximate surface area is 119 Å². The van der Waals surface area contributed by atoms with Crippen LogP contribution in [-0.2, 0) is 4.79 Å². The molecule has 0 aromatic carbocycles. The summed E-state index contributed by atoms with van der Waals surface area (Å²) in [6.07, 6.45) is 4.08. The monoisotopic (exact) mass is 281 g/mol. The molecule has 0 aliphatic carbocycles. The van der Waals surface area contributed by atoms with Gasteiger partial charge in [0.1, 0.15) is 6.04 Å². The van der Waals surface area contributed by atoms with E-state index >= 15 is 0 Å². The second kappa shape index (κ2) is 6.62. The number of rotatable bonds is 4. The van der Waals surface area contributed by atoms with Gasteiger partial charge < -0.3 is 4.90 Å². The molecule has 0 aromatic heterocycles. The molecule has 0 aromatic rings. The molecule has 1 unspecified atom stereocenters. The summed E-state index contributed by atoms with van der Waals surface area (Å²) in [5.41, 5.74) is 0. The molecule has 2 heterocycles. The largest absolute Gasteiger partial charge is 0.325 e. The number of nitrogens with zero attached hydrogens (tertiary/aromatic N) is 2. The van der Waals surface area contributed by atoms with E-state index < -0.39 is 0 Å². The summed E-state index contributed by atoms with van der Waals surface area (Å²) in [6, 6.07) is 1.95. The van der Waals surface area contributed by atoms with E-state index in [-0.39, 0.29) is 18.0 Å². The molecule has 0 spiro atoms. The summed E-state index contributed by atoms with van der Waals surface area (Å²) >= 11 is 1.86. The SMILES string of the molecule is CCC(CC)C1N[C@H](C(=O)N2CCC[C@H]2C#N)CS1. The average molecular weight is 281 g/mol. The van der Waals surface area contributed by atoms with E-state index in [0.717, 1.165) is 38.0 Å². The van der Waals surface area contributed by atoms with Gasteiger partial charge in [-0.1, -0.05) is 26.7 Å². The first kappa shape index (κ1) is 14.7. The molecule has 2 fully saturated rings. The number of amides is 1. The molecular weight excluding hydrogens is 258 g/mol. The molecule has 1 amide bonds. The van der Waals surface area contributed by atoms with E-state index in [1.165, 1.54) is 0 Å². The summed E-state index contributed by atoms with van der Waals surface area (Å²) in [5.74, 6) is 1.60. The van der Waals surface area contributed by atoms with Gasteiger partial charge in [0, 0.05) is 12.3 Å². The number of thioether (sulfide) groups is 1. The lowest BCUT2D eigenvalue weighted by Crippen LogP contribution is -2.48. The fraction of sp³-hybridized carbons (Fsp3) is 0.857. The third-order valence-electron chi connectivity index (χ3n) is 4.27. The fourth-order valence-electron chi connectivity index (χ4n) is 2.99. The van der Waals surface area contributed by atoms with E-state index in [2.05, 4.69) is 25.2 Å². The molecule has 2 saturated heterocycles. The van der Waals surface area contributed by atoms with E-state index in [1.807, 2.05) is 11.8 Å². The van der Waals surface area contributed by atoms with Gasteiger partial charge in [-0.05, 0) is 18.8 Å². The maximum Gasteiger partial charge on any atom is 0.241 e. The van der Waals surface area contributed by atoms with Gasteiger partial charge in [0.25, 0.3) is 0 Å². The molecule has 2 aliphatic heterocycles. The van der Waals surface area contributed by atoms with Crippen LogP contribution in [0.5, 0.6) is 0 Å². The number of likely N-dealkylation sites (tertiary alicyclic amines) is 1. The summed E-state index contributed by atoms with van der Waals surface area (Å²) in [4.78, 5) is 14.2. The lowest BCUT2D eigenvalue weighted by Gasteiger charge is -2.25. The van der Waals surface area contributed by atoms with Gasteiger partial charge in [-0.3, -0.25) is 10.1 Å². The first-order valence-corrected chi connectivity index (χ1v) is 8.33. The average Bonchev–Trinajstić information content (AvgIpc) is 3.08. The molecule has 19 heavy (non-hydrogen) atoms. The van der Waals surface area contributed by atoms with E-state index in [1.54, 1.807) is 4.90 Å². The lowest BCUT2D eigenvalue weighted by atomic mass is 10.0. The predicted molar refractivity (Wildman–Crippen MR) is 77.6 cm³/mol. The first-order chi connectivity index (χ1) is 9.21. The highest BCUT2D eigenvalue weighted by Gasteiger charge is 2.38. The van der Waals surface area contributed by atoms with Gasteiger partial charge in [0.15, 0.2) is 0 Å². The van der Waals surface area contributed by atoms with Crippen molar-refractivity contribution in [2.75, 3.05) is 12.3 Å². The number of hydrogen-bond donors (Lipinski definition) is 1. The molecule has 1 N–H and O–H groups in total. The van der Waals surface area contributed by atoms with Gasteiger partial charge in [-0.2, -0.15) is 5.26 Å². The van der Waals surface area contributed by atoms with Gasteiger partial charge in [-0.15, -0.1) is 11.8 Å². The van der Waals surface area contributed by atoms with Crippen molar-refractivity contribution < 1.29 is 4.79 Å². The Bertz CT molecular complexity index is 364. The zero-order valence-electron chi connectivity index (χ0n) is 11.8. The molecule has 5 heteroatoms. The Morgan fingerprint density at radius 3 is 2.89 bits per heavy atom. The molecular formula is C14H23N3OS. The number of nitrogens with one attached hydrogen (secondary N) is 1. The molecule has 0 saturated carbocycles. The number of nitriles is 1. The van der Waals surface area contributed by atoms with Crippen LogP contribution in [0.25, 0.3) is 0 Å². The highest BCUT2D eigenvalue weighted by atomic mass is 32.2. The van der Waals surface area contributed by atoms with E-state index in [0.29, 0.717) is 11.3 Å². The highest BCUT2D eigenvalue weighted by molar-refractivity contribution is 8.00. The van der Waals surface area contributed by atoms with Crippen LogP contribution >= 0.6 is 11.8 Å². The smallest absolute Gasteiger partial charge is 0.241 e. The van der Waals surface area contributed by atoms with Crippen LogP contribution in [0.1, 0.15) is 39.5 Å². The Kier molecular flexibility index (Phi) is 5.12. The Morgan fingerprint density at radius 2 is 2.26 bits per heavy atom. The quantitative estimate of drug-likeness (QED) is 0.856. The minimum Gasteiger partial charge on any atom is -0.325 e. The van der Waals surface area contributed by atoms with Crippen molar-refractivity contribution in [3.63, 3.8) is 0 Å². The summed E-state index contributed by atoms with van der Waals surface area (Å²) < 4.78 is 0. The molecule has 0 bridgehead atoms. The van der Waals surface area contributed by atoms with Crippen LogP contribution in [0.15, 0.2) is 0 Å². The van der Waals surface area contributed by atoms with Crippen molar-refractivity contribution in [1.29, 1.82) is 5.26 Å². The predicted octanol–water partition coefficient (Wildman–Crippen LogP) is 1.97. The zero-order chi connectivity index (χ0) is 13.8. The minimum absolute atomic E-state index is 0.0930. The van der Waals surface area contributed by atoms with Crippen molar-refractivity contribution in [3.05, 3.63) is 0 Å². The van der Waals surface area contributed by atoms with Crippen molar-refractivity contribution >= 4 is 17.7 Å². The second-order valence-corrected chi connectivity index (χ2v) is 6.54. The van der Waals surface area contributed by atoms with Crippen molar-refractivity contribution in [3.8, 4) is 6.07 Å². The van der Waals surface area contributed by atoms with Crippen LogP contribution < -0.4 is 5.32 Å². The van der Waals surface area contributed by atoms with E-state index in [9.17, 15) is 4.79 Å². The van der Waals surface area contributed by atoms with Gasteiger partial charge in [0.2, 0.25) is 5.91 Å². The highest BCUT2D eigenvalue weighted by Crippen LogP contribution is 2.30. The summed E-state index contributed by atoms with van der Waals surface area (Å²) in [6.45, 7) is 5.16. The van der Waals surface area contributed by atoms with Crippen LogP contribution in [-0.4, -0.2) is 40.6 Å². The van der Waals surface area contributed by atoms with Crippen LogP contribution in [0.3, 0.4) is 0 Å². The summed E-state index contributed by atoms with van der Waals surface area (Å²) in [7, 11) is 0. The maximum absolute atomic E-state index is 12.5. The zero-order valence-corrected chi connectivity index (χ0v) is 12.6. The standard InChI is InChI=1S/C14H23N3OS/c1-3-10(4-2)13-16-12(9-19-13)14(18)17-7-5-6-11(17)8-15/h10-13,16H,3-7,9H2,1-2H3/t11-,12-,13?/m0/s1. The fourth-order valence-corrected chi connectivity index (χ4v) is 4.55. The lowest BCUT2D eigenvalue weighted by molar-refractivity contribution is -0.132. The molecule has 0 radical (unpaired) electrons. The second-order valence-electron chi connectivity index (χ2n) is 5.37. The number of carbonyl (C=O) groups is 1. The van der Waals surface area contributed by atoms with Crippen LogP contribution in [0.4, 0.5) is 0 Å². The third-order valence-corrected chi connectivity index (χ3v) is 5.67. The number of hydrogen-bond acceptors (Lipinski definition) is 4. The van der Waals surface area contributed by atoms with Gasteiger partial charge in [-0.25, -0.2) is 0 Å². The first-order valence-electron chi connectivity index (χ1n) is 7.29. The van der Waals surface area contributed by atoms with Crippen molar-refractivity contribution in [2.24, 2.45) is 5.92 Å². The van der Waals surface area contributed by atoms with Gasteiger partial charge in [0.05, 0.1) is 17.5 Å². The normalized spacial score (nSPS) is 30.8. The molecule has 3 atom stereocenters. The third kappa shape index (κ3) is 3.06. The van der Waals surface area contributed by atoms with E-state index in [4.69, 9.17) is 5.26 Å². The Hall–Kier alpha value is -0.730.